The molecule has 0 spiro atoms. The maximum absolute atomic E-state index is 12.2. The molecular weight excluding hydrogens is 438 g/mol. The SMILES string of the molecule is O=C(CCl)N1CCCN(c2nc(Cc3ccccc3)nc3onc(-c4ccccc4)c23)CC1. The molecule has 8 heteroatoms. The van der Waals surface area contributed by atoms with Gasteiger partial charge in [-0.3, -0.25) is 4.79 Å². The summed E-state index contributed by atoms with van der Waals surface area (Å²) in [5.74, 6) is 1.44. The van der Waals surface area contributed by atoms with E-state index in [9.17, 15) is 4.79 Å². The first-order valence-corrected chi connectivity index (χ1v) is 11.6. The van der Waals surface area contributed by atoms with Crippen molar-refractivity contribution in [3.05, 3.63) is 72.1 Å². The van der Waals surface area contributed by atoms with Crippen LogP contribution in [0.1, 0.15) is 17.8 Å². The lowest BCUT2D eigenvalue weighted by atomic mass is 10.1. The average Bonchev–Trinajstić information content (AvgIpc) is 3.13. The molecule has 0 atom stereocenters. The van der Waals surface area contributed by atoms with Gasteiger partial charge < -0.3 is 14.3 Å². The predicted octanol–water partition coefficient (Wildman–Crippen LogP) is 4.15. The van der Waals surface area contributed by atoms with Crippen LogP contribution in [0.4, 0.5) is 5.82 Å². The Bertz CT molecular complexity index is 1250. The van der Waals surface area contributed by atoms with E-state index in [-0.39, 0.29) is 11.8 Å². The maximum atomic E-state index is 12.2. The van der Waals surface area contributed by atoms with Crippen LogP contribution in [0, 0.1) is 0 Å². The van der Waals surface area contributed by atoms with Crippen LogP contribution in [0.2, 0.25) is 0 Å². The van der Waals surface area contributed by atoms with Gasteiger partial charge in [0.05, 0.1) is 0 Å². The first-order chi connectivity index (χ1) is 16.2. The van der Waals surface area contributed by atoms with Crippen LogP contribution < -0.4 is 4.90 Å². The zero-order valence-corrected chi connectivity index (χ0v) is 18.9. The molecule has 0 radical (unpaired) electrons. The van der Waals surface area contributed by atoms with Gasteiger partial charge in [0.1, 0.15) is 28.6 Å². The van der Waals surface area contributed by atoms with Gasteiger partial charge in [0, 0.05) is 38.2 Å². The largest absolute Gasteiger partial charge is 0.354 e. The molecule has 1 aliphatic rings. The van der Waals surface area contributed by atoms with E-state index in [1.165, 1.54) is 0 Å². The fraction of sp³-hybridized carbons (Fsp3) is 0.280. The third-order valence-electron chi connectivity index (χ3n) is 5.88. The van der Waals surface area contributed by atoms with E-state index in [1.807, 2.05) is 53.4 Å². The number of fused-ring (bicyclic) bond motifs is 1. The molecule has 4 aromatic rings. The molecule has 0 saturated carbocycles. The van der Waals surface area contributed by atoms with Crippen molar-refractivity contribution in [2.45, 2.75) is 12.8 Å². The van der Waals surface area contributed by atoms with Crippen molar-refractivity contribution in [2.75, 3.05) is 37.0 Å². The highest BCUT2D eigenvalue weighted by Gasteiger charge is 2.25. The second-order valence-corrected chi connectivity index (χ2v) is 8.33. The smallest absolute Gasteiger partial charge is 0.263 e. The van der Waals surface area contributed by atoms with Crippen molar-refractivity contribution in [3.63, 3.8) is 0 Å². The van der Waals surface area contributed by atoms with Crippen molar-refractivity contribution < 1.29 is 9.32 Å². The lowest BCUT2D eigenvalue weighted by molar-refractivity contribution is -0.128. The van der Waals surface area contributed by atoms with E-state index in [2.05, 4.69) is 22.2 Å². The Hall–Kier alpha value is -3.45. The zero-order chi connectivity index (χ0) is 22.6. The Balaban J connectivity index is 1.57. The monoisotopic (exact) mass is 461 g/mol. The number of alkyl halides is 1. The summed E-state index contributed by atoms with van der Waals surface area (Å²) in [6.45, 7) is 2.70. The van der Waals surface area contributed by atoms with Crippen LogP contribution in [-0.4, -0.2) is 58.0 Å². The Labute approximate surface area is 197 Å². The minimum absolute atomic E-state index is 0.00276. The molecular formula is C25H24ClN5O2. The average molecular weight is 462 g/mol. The maximum Gasteiger partial charge on any atom is 0.263 e. The molecule has 1 fully saturated rings. The normalized spacial score (nSPS) is 14.5. The highest BCUT2D eigenvalue weighted by atomic mass is 35.5. The summed E-state index contributed by atoms with van der Waals surface area (Å²) < 4.78 is 5.71. The van der Waals surface area contributed by atoms with E-state index in [0.717, 1.165) is 41.0 Å². The van der Waals surface area contributed by atoms with Gasteiger partial charge in [-0.1, -0.05) is 65.8 Å². The highest BCUT2D eigenvalue weighted by molar-refractivity contribution is 6.27. The third kappa shape index (κ3) is 4.54. The minimum atomic E-state index is -0.0360. The number of amides is 1. The molecule has 5 rings (SSSR count). The van der Waals surface area contributed by atoms with Crippen molar-refractivity contribution in [3.8, 4) is 11.3 Å². The van der Waals surface area contributed by atoms with Gasteiger partial charge in [-0.05, 0) is 12.0 Å². The van der Waals surface area contributed by atoms with Crippen molar-refractivity contribution >= 4 is 34.4 Å². The fourth-order valence-corrected chi connectivity index (χ4v) is 4.39. The van der Waals surface area contributed by atoms with Crippen LogP contribution in [-0.2, 0) is 11.2 Å². The topological polar surface area (TPSA) is 75.4 Å². The number of hydrogen-bond donors (Lipinski definition) is 0. The number of aromatic nitrogens is 3. The summed E-state index contributed by atoms with van der Waals surface area (Å²) in [6.07, 6.45) is 1.42. The molecule has 1 amide bonds. The van der Waals surface area contributed by atoms with E-state index < -0.39 is 0 Å². The number of nitrogens with zero attached hydrogens (tertiary/aromatic N) is 5. The molecule has 2 aromatic heterocycles. The lowest BCUT2D eigenvalue weighted by Crippen LogP contribution is -2.36. The Morgan fingerprint density at radius 1 is 0.939 bits per heavy atom. The van der Waals surface area contributed by atoms with Gasteiger partial charge in [0.2, 0.25) is 5.91 Å². The Kier molecular flexibility index (Phi) is 6.21. The van der Waals surface area contributed by atoms with E-state index in [1.54, 1.807) is 0 Å². The number of benzene rings is 2. The summed E-state index contributed by atoms with van der Waals surface area (Å²) in [4.78, 5) is 25.9. The number of anilines is 1. The molecule has 0 bridgehead atoms. The number of carbonyl (C=O) groups is 1. The molecule has 2 aromatic carbocycles. The van der Waals surface area contributed by atoms with Gasteiger partial charge in [-0.15, -0.1) is 11.6 Å². The van der Waals surface area contributed by atoms with Gasteiger partial charge in [0.15, 0.2) is 0 Å². The van der Waals surface area contributed by atoms with Crippen molar-refractivity contribution in [1.82, 2.24) is 20.0 Å². The van der Waals surface area contributed by atoms with E-state index in [0.29, 0.717) is 37.6 Å². The van der Waals surface area contributed by atoms with Crippen LogP contribution in [0.5, 0.6) is 0 Å². The number of rotatable bonds is 5. The summed E-state index contributed by atoms with van der Waals surface area (Å²) in [5.41, 5.74) is 3.28. The van der Waals surface area contributed by atoms with Gasteiger partial charge >= 0.3 is 0 Å². The van der Waals surface area contributed by atoms with E-state index in [4.69, 9.17) is 26.1 Å². The van der Waals surface area contributed by atoms with Crippen LogP contribution in [0.25, 0.3) is 22.4 Å². The number of halogens is 1. The van der Waals surface area contributed by atoms with Crippen molar-refractivity contribution in [1.29, 1.82) is 0 Å². The first kappa shape index (κ1) is 21.4. The lowest BCUT2D eigenvalue weighted by Gasteiger charge is -2.23. The Morgan fingerprint density at radius 3 is 2.45 bits per heavy atom. The van der Waals surface area contributed by atoms with Gasteiger partial charge in [-0.2, -0.15) is 4.98 Å². The van der Waals surface area contributed by atoms with Crippen LogP contribution >= 0.6 is 11.6 Å². The summed E-state index contributed by atoms with van der Waals surface area (Å²) in [5, 5.41) is 5.16. The zero-order valence-electron chi connectivity index (χ0n) is 18.2. The predicted molar refractivity (Wildman–Crippen MR) is 128 cm³/mol. The minimum Gasteiger partial charge on any atom is -0.354 e. The highest BCUT2D eigenvalue weighted by Crippen LogP contribution is 2.34. The second kappa shape index (κ2) is 9.58. The molecule has 3 heterocycles. The molecule has 168 valence electrons. The number of hydrogen-bond acceptors (Lipinski definition) is 6. The van der Waals surface area contributed by atoms with Gasteiger partial charge in [-0.25, -0.2) is 4.98 Å². The van der Waals surface area contributed by atoms with Crippen molar-refractivity contribution in [2.24, 2.45) is 0 Å². The standard InChI is InChI=1S/C25H24ClN5O2/c26-17-21(32)30-12-7-13-31(15-14-30)24-22-23(19-10-5-2-6-11-19)29-33-25(22)28-20(27-24)16-18-8-3-1-4-9-18/h1-6,8-11H,7,12-17H2. The van der Waals surface area contributed by atoms with E-state index >= 15 is 0 Å². The molecule has 33 heavy (non-hydrogen) atoms. The summed E-state index contributed by atoms with van der Waals surface area (Å²) >= 11 is 5.80. The second-order valence-electron chi connectivity index (χ2n) is 8.06. The summed E-state index contributed by atoms with van der Waals surface area (Å²) in [6, 6.07) is 20.1. The number of carbonyl (C=O) groups excluding carboxylic acids is 1. The first-order valence-electron chi connectivity index (χ1n) is 11.1. The molecule has 1 saturated heterocycles. The summed E-state index contributed by atoms with van der Waals surface area (Å²) in [7, 11) is 0. The molecule has 7 nitrogen and oxygen atoms in total. The third-order valence-corrected chi connectivity index (χ3v) is 6.11. The van der Waals surface area contributed by atoms with Crippen LogP contribution in [0.15, 0.2) is 65.2 Å². The fourth-order valence-electron chi connectivity index (χ4n) is 4.22. The molecule has 0 aliphatic carbocycles. The molecule has 0 unspecified atom stereocenters. The molecule has 1 aliphatic heterocycles. The van der Waals surface area contributed by atoms with Crippen LogP contribution in [0.3, 0.4) is 0 Å². The quantitative estimate of drug-likeness (QED) is 0.415. The molecule has 0 N–H and O–H groups in total. The Morgan fingerprint density at radius 2 is 1.70 bits per heavy atom. The van der Waals surface area contributed by atoms with Gasteiger partial charge in [0.25, 0.3) is 5.71 Å².